The highest BCUT2D eigenvalue weighted by atomic mass is 16.8. The van der Waals surface area contributed by atoms with Gasteiger partial charge in [-0.15, -0.1) is 0 Å². The molecule has 35 heavy (non-hydrogen) atoms. The van der Waals surface area contributed by atoms with Gasteiger partial charge in [0.15, 0.2) is 0 Å². The van der Waals surface area contributed by atoms with Gasteiger partial charge in [-0.25, -0.2) is 9.59 Å². The molecule has 0 atom stereocenters. The van der Waals surface area contributed by atoms with Crippen LogP contribution in [0.25, 0.3) is 0 Å². The molecule has 0 saturated heterocycles. The summed E-state index contributed by atoms with van der Waals surface area (Å²) in [6.45, 7) is 0.217. The molecule has 2 N–H and O–H groups in total. The van der Waals surface area contributed by atoms with Crippen molar-refractivity contribution in [1.29, 1.82) is 0 Å². The highest BCUT2D eigenvalue weighted by molar-refractivity contribution is 5.89. The van der Waals surface area contributed by atoms with E-state index in [9.17, 15) is 9.59 Å². The normalized spacial score (nSPS) is 34.7. The lowest BCUT2D eigenvalue weighted by atomic mass is 9.36. The second-order valence-corrected chi connectivity index (χ2v) is 11.3. The Morgan fingerprint density at radius 3 is 1.60 bits per heavy atom. The van der Waals surface area contributed by atoms with E-state index in [2.05, 4.69) is 5.43 Å². The molecule has 8 bridgehead atoms. The number of nitrogens with one attached hydrogen (secondary N) is 1. The Bertz CT molecular complexity index is 971. The molecule has 1 amide bonds. The van der Waals surface area contributed by atoms with Crippen molar-refractivity contribution >= 4 is 12.1 Å². The highest BCUT2D eigenvalue weighted by Gasteiger charge is 2.63. The van der Waals surface area contributed by atoms with Gasteiger partial charge in [-0.3, -0.25) is 0 Å². The van der Waals surface area contributed by atoms with Crippen molar-refractivity contribution in [1.82, 2.24) is 10.6 Å². The third-order valence-electron chi connectivity index (χ3n) is 9.56. The van der Waals surface area contributed by atoms with Crippen LogP contribution in [-0.2, 0) is 11.4 Å². The molecule has 0 aliphatic heterocycles. The van der Waals surface area contributed by atoms with Crippen LogP contribution in [0.5, 0.6) is 0 Å². The van der Waals surface area contributed by atoms with E-state index in [0.29, 0.717) is 5.17 Å². The predicted molar refractivity (Wildman–Crippen MR) is 131 cm³/mol. The molecule has 7 saturated carbocycles. The number of carbonyl (C=O) groups excluding carboxylic acids is 1. The molecule has 2 aromatic rings. The first kappa shape index (κ1) is 22.6. The van der Waals surface area contributed by atoms with E-state index in [1.54, 1.807) is 68.9 Å². The molecule has 0 heterocycles. The second kappa shape index (κ2) is 9.30. The molecule has 7 aliphatic rings. The number of hydrogen-bond acceptors (Lipinski definition) is 4. The molecular formula is C29H34N2O4. The third kappa shape index (κ3) is 4.33. The third-order valence-corrected chi connectivity index (χ3v) is 9.56. The topological polar surface area (TPSA) is 78.9 Å². The lowest BCUT2D eigenvalue weighted by molar-refractivity contribution is -0.202. The quantitative estimate of drug-likeness (QED) is 0.550. The zero-order valence-electron chi connectivity index (χ0n) is 20.0. The van der Waals surface area contributed by atoms with Crippen LogP contribution in [0.4, 0.5) is 4.79 Å². The number of hydrogen-bond donors (Lipinski definition) is 2. The van der Waals surface area contributed by atoms with Crippen LogP contribution in [-0.4, -0.2) is 22.3 Å². The summed E-state index contributed by atoms with van der Waals surface area (Å²) in [6.07, 6.45) is 8.52. The Morgan fingerprint density at radius 1 is 0.743 bits per heavy atom. The minimum atomic E-state index is -1.41. The Labute approximate surface area is 206 Å². The van der Waals surface area contributed by atoms with E-state index >= 15 is 0 Å². The Balaban J connectivity index is 0.000000139. The Kier molecular flexibility index (Phi) is 6.01. The van der Waals surface area contributed by atoms with Gasteiger partial charge in [0.25, 0.3) is 0 Å². The van der Waals surface area contributed by atoms with Gasteiger partial charge in [0.05, 0.1) is 5.56 Å². The highest BCUT2D eigenvalue weighted by Crippen LogP contribution is 2.71. The van der Waals surface area contributed by atoms with E-state index < -0.39 is 12.1 Å². The number of amides is 1. The van der Waals surface area contributed by atoms with Crippen LogP contribution in [0.3, 0.4) is 0 Å². The molecule has 7 aliphatic carbocycles. The van der Waals surface area contributed by atoms with E-state index in [-0.39, 0.29) is 12.1 Å². The van der Waals surface area contributed by atoms with Crippen LogP contribution < -0.4 is 5.43 Å². The average molecular weight is 475 g/mol. The fraction of sp³-hybridized carbons (Fsp3) is 0.517. The number of benzene rings is 2. The summed E-state index contributed by atoms with van der Waals surface area (Å²) in [6, 6.07) is 17.3. The first-order chi connectivity index (χ1) is 17.1. The van der Waals surface area contributed by atoms with Crippen molar-refractivity contribution in [2.45, 2.75) is 45.1 Å². The van der Waals surface area contributed by atoms with Crippen molar-refractivity contribution in [3.63, 3.8) is 0 Å². The summed E-state index contributed by atoms with van der Waals surface area (Å²) in [7, 11) is 0. The number of rotatable bonds is 4. The fourth-order valence-electron chi connectivity index (χ4n) is 8.50. The van der Waals surface area contributed by atoms with E-state index in [1.807, 2.05) is 30.3 Å². The average Bonchev–Trinajstić information content (AvgIpc) is 2.90. The van der Waals surface area contributed by atoms with Crippen molar-refractivity contribution in [3.05, 3.63) is 71.8 Å². The maximum absolute atomic E-state index is 11.8. The van der Waals surface area contributed by atoms with Gasteiger partial charge in [-0.1, -0.05) is 53.7 Å². The lowest BCUT2D eigenvalue weighted by Gasteiger charge is -2.69. The largest absolute Gasteiger partial charge is 0.462 e. The number of hydroxylamine groups is 1. The SMILES string of the molecule is C1C2CC3C4CC5CC(C14)C(C2)C3C5.O=C(ON(NCc1ccccc1)C(=O)O)c1ccccc1. The van der Waals surface area contributed by atoms with Crippen LogP contribution in [0.1, 0.15) is 54.4 Å². The van der Waals surface area contributed by atoms with Gasteiger partial charge in [0, 0.05) is 6.54 Å². The molecule has 7 fully saturated rings. The number of carbonyl (C=O) groups is 2. The van der Waals surface area contributed by atoms with Gasteiger partial charge >= 0.3 is 12.1 Å². The van der Waals surface area contributed by atoms with Gasteiger partial charge in [-0.2, -0.15) is 5.43 Å². The zero-order chi connectivity index (χ0) is 23.9. The fourth-order valence-corrected chi connectivity index (χ4v) is 8.50. The van der Waals surface area contributed by atoms with E-state index in [4.69, 9.17) is 9.94 Å². The Hall–Kier alpha value is -2.86. The summed E-state index contributed by atoms with van der Waals surface area (Å²) in [5.41, 5.74) is 3.66. The zero-order valence-corrected chi connectivity index (χ0v) is 20.0. The molecule has 0 spiro atoms. The van der Waals surface area contributed by atoms with Crippen LogP contribution >= 0.6 is 0 Å². The van der Waals surface area contributed by atoms with Crippen molar-refractivity contribution in [2.24, 2.45) is 47.3 Å². The van der Waals surface area contributed by atoms with Crippen LogP contribution in [0, 0.1) is 47.3 Å². The molecule has 0 radical (unpaired) electrons. The first-order valence-electron chi connectivity index (χ1n) is 13.1. The lowest BCUT2D eigenvalue weighted by Crippen LogP contribution is -2.62. The van der Waals surface area contributed by atoms with Crippen LogP contribution in [0.15, 0.2) is 60.7 Å². The van der Waals surface area contributed by atoms with Gasteiger partial charge in [0.2, 0.25) is 0 Å². The molecule has 184 valence electrons. The summed E-state index contributed by atoms with van der Waals surface area (Å²) in [4.78, 5) is 27.7. The molecule has 6 heteroatoms. The minimum absolute atomic E-state index is 0.217. The van der Waals surface area contributed by atoms with Crippen LogP contribution in [0.2, 0.25) is 0 Å². The molecule has 9 rings (SSSR count). The van der Waals surface area contributed by atoms with E-state index in [1.165, 1.54) is 47.3 Å². The minimum Gasteiger partial charge on any atom is -0.462 e. The number of nitrogens with zero attached hydrogens (tertiary/aromatic N) is 1. The summed E-state index contributed by atoms with van der Waals surface area (Å²) in [5.74, 6) is 8.99. The molecule has 6 nitrogen and oxygen atoms in total. The van der Waals surface area contributed by atoms with Crippen molar-refractivity contribution < 1.29 is 19.5 Å². The van der Waals surface area contributed by atoms with Gasteiger partial charge in [0.1, 0.15) is 0 Å². The number of hydrazine groups is 1. The predicted octanol–water partition coefficient (Wildman–Crippen LogP) is 5.77. The molecule has 0 aromatic heterocycles. The first-order valence-corrected chi connectivity index (χ1v) is 13.1. The standard InChI is InChI=1S/C15H14N2O4.C14H20/c18-14(13-9-5-2-6-10-13)21-17(15(19)20)16-11-12-7-3-1-4-8-12;1-7-2-12-10-4-8-5-11(9(1)10)13(3-7)14(12)6-8/h1-10,16H,11H2,(H,19,20);7-14H,1-6H2. The molecular weight excluding hydrogens is 440 g/mol. The van der Waals surface area contributed by atoms with Gasteiger partial charge in [-0.05, 0) is 104 Å². The Morgan fingerprint density at radius 2 is 1.17 bits per heavy atom. The molecule has 0 unspecified atom stereocenters. The smallest absolute Gasteiger partial charge is 0.456 e. The van der Waals surface area contributed by atoms with E-state index in [0.717, 1.165) is 5.56 Å². The van der Waals surface area contributed by atoms with Crippen molar-refractivity contribution in [3.8, 4) is 0 Å². The summed E-state index contributed by atoms with van der Waals surface area (Å²) >= 11 is 0. The molecule has 2 aromatic carbocycles. The second-order valence-electron chi connectivity index (χ2n) is 11.3. The van der Waals surface area contributed by atoms with Gasteiger partial charge < -0.3 is 9.94 Å². The summed E-state index contributed by atoms with van der Waals surface area (Å²) < 4.78 is 0. The summed E-state index contributed by atoms with van der Waals surface area (Å²) in [5, 5.41) is 9.44. The maximum atomic E-state index is 11.8. The number of carboxylic acid groups (broad SMARTS) is 1. The monoisotopic (exact) mass is 474 g/mol. The van der Waals surface area contributed by atoms with Crippen molar-refractivity contribution in [2.75, 3.05) is 0 Å². The maximum Gasteiger partial charge on any atom is 0.456 e.